The van der Waals surface area contributed by atoms with E-state index < -0.39 is 12.6 Å². The second kappa shape index (κ2) is 5.78. The predicted molar refractivity (Wildman–Crippen MR) is 63.5 cm³/mol. The molecule has 2 aliphatic rings. The van der Waals surface area contributed by atoms with Crippen LogP contribution >= 0.6 is 0 Å². The Kier molecular flexibility index (Phi) is 4.54. The van der Waals surface area contributed by atoms with Gasteiger partial charge in [0, 0.05) is 12.6 Å². The molecule has 0 aromatic carbocycles. The molecule has 106 valence electrons. The van der Waals surface area contributed by atoms with Crippen molar-refractivity contribution in [3.63, 3.8) is 0 Å². The van der Waals surface area contributed by atoms with Gasteiger partial charge in [-0.2, -0.15) is 13.2 Å². The van der Waals surface area contributed by atoms with E-state index >= 15 is 0 Å². The zero-order valence-electron chi connectivity index (χ0n) is 10.7. The van der Waals surface area contributed by atoms with Gasteiger partial charge >= 0.3 is 6.18 Å². The van der Waals surface area contributed by atoms with Gasteiger partial charge in [0.25, 0.3) is 0 Å². The highest BCUT2D eigenvalue weighted by molar-refractivity contribution is 4.91. The minimum atomic E-state index is -4.11. The summed E-state index contributed by atoms with van der Waals surface area (Å²) in [6.07, 6.45) is 2.54. The van der Waals surface area contributed by atoms with Crippen LogP contribution in [-0.2, 0) is 4.74 Å². The van der Waals surface area contributed by atoms with E-state index in [9.17, 15) is 13.2 Å². The van der Waals surface area contributed by atoms with Gasteiger partial charge in [-0.15, -0.1) is 0 Å². The summed E-state index contributed by atoms with van der Waals surface area (Å²) in [4.78, 5) is 0. The summed E-state index contributed by atoms with van der Waals surface area (Å²) >= 11 is 0. The maximum Gasteiger partial charge on any atom is 0.391 e. The molecular formula is C13H22F3NO. The third-order valence-corrected chi connectivity index (χ3v) is 3.85. The van der Waals surface area contributed by atoms with Gasteiger partial charge in [-0.1, -0.05) is 19.3 Å². The van der Waals surface area contributed by atoms with Crippen LogP contribution in [0.1, 0.15) is 51.4 Å². The Hall–Kier alpha value is -0.290. The molecule has 0 bridgehead atoms. The highest BCUT2D eigenvalue weighted by atomic mass is 19.4. The molecule has 5 heteroatoms. The monoisotopic (exact) mass is 265 g/mol. The first-order chi connectivity index (χ1) is 8.49. The SMILES string of the molecule is FC(F)(F)CCOC1(CNC2CC2)CCCCC1. The minimum absolute atomic E-state index is 0.199. The van der Waals surface area contributed by atoms with Crippen molar-refractivity contribution in [1.29, 1.82) is 0 Å². The molecule has 18 heavy (non-hydrogen) atoms. The van der Waals surface area contributed by atoms with Gasteiger partial charge in [0.15, 0.2) is 0 Å². The van der Waals surface area contributed by atoms with Gasteiger partial charge in [-0.05, 0) is 25.7 Å². The van der Waals surface area contributed by atoms with Gasteiger partial charge in [-0.25, -0.2) is 0 Å². The summed E-state index contributed by atoms with van der Waals surface area (Å²) in [7, 11) is 0. The largest absolute Gasteiger partial charge is 0.391 e. The first-order valence-corrected chi connectivity index (χ1v) is 6.93. The molecule has 0 amide bonds. The lowest BCUT2D eigenvalue weighted by Gasteiger charge is -2.37. The van der Waals surface area contributed by atoms with Crippen LogP contribution in [-0.4, -0.2) is 31.0 Å². The average Bonchev–Trinajstić information content (AvgIpc) is 3.10. The first kappa shape index (κ1) is 14.1. The van der Waals surface area contributed by atoms with Crippen molar-refractivity contribution < 1.29 is 17.9 Å². The number of hydrogen-bond acceptors (Lipinski definition) is 2. The number of hydrogen-bond donors (Lipinski definition) is 1. The van der Waals surface area contributed by atoms with Crippen molar-refractivity contribution >= 4 is 0 Å². The van der Waals surface area contributed by atoms with E-state index in [-0.39, 0.29) is 12.2 Å². The predicted octanol–water partition coefficient (Wildman–Crippen LogP) is 3.41. The van der Waals surface area contributed by atoms with E-state index in [4.69, 9.17) is 4.74 Å². The van der Waals surface area contributed by atoms with E-state index in [2.05, 4.69) is 5.32 Å². The van der Waals surface area contributed by atoms with Crippen molar-refractivity contribution in [1.82, 2.24) is 5.32 Å². The lowest BCUT2D eigenvalue weighted by molar-refractivity contribution is -0.162. The third kappa shape index (κ3) is 4.76. The molecule has 0 atom stereocenters. The first-order valence-electron chi connectivity index (χ1n) is 6.93. The Labute approximate surface area is 106 Å². The zero-order chi connectivity index (χ0) is 13.1. The number of halogens is 3. The molecule has 2 aliphatic carbocycles. The molecule has 0 spiro atoms. The van der Waals surface area contributed by atoms with Gasteiger partial charge in [0.05, 0.1) is 18.6 Å². The van der Waals surface area contributed by atoms with Crippen LogP contribution in [0.3, 0.4) is 0 Å². The lowest BCUT2D eigenvalue weighted by atomic mass is 9.84. The van der Waals surface area contributed by atoms with Crippen molar-refractivity contribution in [2.24, 2.45) is 0 Å². The Balaban J connectivity index is 1.78. The fourth-order valence-electron chi connectivity index (χ4n) is 2.57. The maximum atomic E-state index is 12.2. The van der Waals surface area contributed by atoms with Crippen LogP contribution in [0.2, 0.25) is 0 Å². The molecule has 0 radical (unpaired) electrons. The Morgan fingerprint density at radius 1 is 1.11 bits per heavy atom. The fourth-order valence-corrected chi connectivity index (χ4v) is 2.57. The van der Waals surface area contributed by atoms with Crippen molar-refractivity contribution in [2.75, 3.05) is 13.2 Å². The van der Waals surface area contributed by atoms with Crippen LogP contribution in [0.4, 0.5) is 13.2 Å². The molecule has 0 aliphatic heterocycles. The summed E-state index contributed by atoms with van der Waals surface area (Å²) in [5.41, 5.74) is -0.341. The second-order valence-electron chi connectivity index (χ2n) is 5.61. The summed E-state index contributed by atoms with van der Waals surface area (Å²) in [6, 6.07) is 0.579. The highest BCUT2D eigenvalue weighted by Crippen LogP contribution is 2.33. The second-order valence-corrected chi connectivity index (χ2v) is 5.61. The standard InChI is InChI=1S/C13H22F3NO/c14-13(15,16)8-9-18-12(6-2-1-3-7-12)10-17-11-4-5-11/h11,17H,1-10H2. The Morgan fingerprint density at radius 2 is 1.78 bits per heavy atom. The number of nitrogens with one attached hydrogen (secondary N) is 1. The smallest absolute Gasteiger partial charge is 0.373 e. The molecule has 2 rings (SSSR count). The third-order valence-electron chi connectivity index (χ3n) is 3.85. The summed E-state index contributed by atoms with van der Waals surface area (Å²) in [5, 5.41) is 3.41. The van der Waals surface area contributed by atoms with Crippen molar-refractivity contribution in [3.8, 4) is 0 Å². The van der Waals surface area contributed by atoms with Crippen LogP contribution in [0.15, 0.2) is 0 Å². The molecule has 0 aromatic heterocycles. The van der Waals surface area contributed by atoms with Gasteiger partial charge in [0.1, 0.15) is 0 Å². The minimum Gasteiger partial charge on any atom is -0.373 e. The van der Waals surface area contributed by atoms with Crippen LogP contribution in [0.5, 0.6) is 0 Å². The number of ether oxygens (including phenoxy) is 1. The van der Waals surface area contributed by atoms with E-state index in [1.165, 1.54) is 19.3 Å². The average molecular weight is 265 g/mol. The lowest BCUT2D eigenvalue weighted by Crippen LogP contribution is -2.45. The van der Waals surface area contributed by atoms with E-state index in [0.29, 0.717) is 6.04 Å². The topological polar surface area (TPSA) is 21.3 Å². The summed E-state index contributed by atoms with van der Waals surface area (Å²) < 4.78 is 42.1. The highest BCUT2D eigenvalue weighted by Gasteiger charge is 2.36. The molecule has 2 nitrogen and oxygen atoms in total. The molecule has 1 N–H and O–H groups in total. The zero-order valence-corrected chi connectivity index (χ0v) is 10.7. The molecule has 2 saturated carbocycles. The number of alkyl halides is 3. The summed E-state index contributed by atoms with van der Waals surface area (Å²) in [5.74, 6) is 0. The van der Waals surface area contributed by atoms with E-state index in [1.54, 1.807) is 0 Å². The maximum absolute atomic E-state index is 12.2. The summed E-state index contributed by atoms with van der Waals surface area (Å²) in [6.45, 7) is 0.519. The van der Waals surface area contributed by atoms with Gasteiger partial charge in [-0.3, -0.25) is 0 Å². The fraction of sp³-hybridized carbons (Fsp3) is 1.00. The molecule has 0 saturated heterocycles. The van der Waals surface area contributed by atoms with Crippen LogP contribution in [0.25, 0.3) is 0 Å². The van der Waals surface area contributed by atoms with Crippen molar-refractivity contribution in [3.05, 3.63) is 0 Å². The van der Waals surface area contributed by atoms with E-state index in [1.807, 2.05) is 0 Å². The molecule has 0 unspecified atom stereocenters. The van der Waals surface area contributed by atoms with E-state index in [0.717, 1.165) is 32.2 Å². The van der Waals surface area contributed by atoms with Gasteiger partial charge in [0.2, 0.25) is 0 Å². The van der Waals surface area contributed by atoms with Crippen LogP contribution in [0, 0.1) is 0 Å². The quantitative estimate of drug-likeness (QED) is 0.794. The molecule has 0 heterocycles. The Bertz CT molecular complexity index is 257. The molecule has 2 fully saturated rings. The van der Waals surface area contributed by atoms with Crippen LogP contribution < -0.4 is 5.32 Å². The van der Waals surface area contributed by atoms with Gasteiger partial charge < -0.3 is 10.1 Å². The molecular weight excluding hydrogens is 243 g/mol. The Morgan fingerprint density at radius 3 is 2.33 bits per heavy atom. The molecule has 0 aromatic rings. The van der Waals surface area contributed by atoms with Crippen molar-refractivity contribution in [2.45, 2.75) is 69.2 Å². The number of rotatable bonds is 6. The normalized spacial score (nSPS) is 24.2.